The van der Waals surface area contributed by atoms with E-state index < -0.39 is 10.0 Å². The second-order valence-corrected chi connectivity index (χ2v) is 7.63. The van der Waals surface area contributed by atoms with E-state index in [0.717, 1.165) is 4.88 Å². The maximum atomic E-state index is 12.2. The fourth-order valence-electron chi connectivity index (χ4n) is 1.59. The summed E-state index contributed by atoms with van der Waals surface area (Å²) in [6.07, 6.45) is 0. The highest BCUT2D eigenvalue weighted by molar-refractivity contribution is 7.89. The number of hydrogen-bond acceptors (Lipinski definition) is 4. The van der Waals surface area contributed by atoms with E-state index in [0.29, 0.717) is 9.90 Å². The Balaban J connectivity index is 2.15. The minimum Gasteiger partial charge on any atom is -0.320 e. The van der Waals surface area contributed by atoms with Gasteiger partial charge in [0.05, 0.1) is 15.8 Å². The zero-order chi connectivity index (χ0) is 15.3. The number of thiophene rings is 1. The summed E-state index contributed by atoms with van der Waals surface area (Å²) in [7, 11) is -3.58. The van der Waals surface area contributed by atoms with Crippen molar-refractivity contribution in [2.75, 3.05) is 6.54 Å². The molecule has 0 fully saturated rings. The van der Waals surface area contributed by atoms with Crippen molar-refractivity contribution in [1.29, 1.82) is 0 Å². The second-order valence-electron chi connectivity index (χ2n) is 4.06. The minimum atomic E-state index is -3.58. The van der Waals surface area contributed by atoms with Gasteiger partial charge in [0, 0.05) is 17.0 Å². The van der Waals surface area contributed by atoms with E-state index in [4.69, 9.17) is 17.3 Å². The van der Waals surface area contributed by atoms with Gasteiger partial charge in [0.1, 0.15) is 0 Å². The molecule has 0 spiro atoms. The van der Waals surface area contributed by atoms with Crippen LogP contribution in [-0.4, -0.2) is 15.0 Å². The van der Waals surface area contributed by atoms with E-state index >= 15 is 0 Å². The Labute approximate surface area is 133 Å². The molecule has 0 saturated carbocycles. The molecule has 21 heavy (non-hydrogen) atoms. The summed E-state index contributed by atoms with van der Waals surface area (Å²) < 4.78 is 27.6. The molecule has 4 nitrogen and oxygen atoms in total. The molecule has 0 radical (unpaired) electrons. The van der Waals surface area contributed by atoms with Crippen LogP contribution in [0.15, 0.2) is 41.3 Å². The first-order chi connectivity index (χ1) is 10.0. The lowest BCUT2D eigenvalue weighted by atomic mass is 10.2. The van der Waals surface area contributed by atoms with Crippen molar-refractivity contribution >= 4 is 33.0 Å². The van der Waals surface area contributed by atoms with Crippen LogP contribution < -0.4 is 10.5 Å². The highest BCUT2D eigenvalue weighted by Gasteiger charge is 2.14. The Morgan fingerprint density at radius 2 is 2.10 bits per heavy atom. The predicted octanol–water partition coefficient (Wildman–Crippen LogP) is 2.19. The maximum absolute atomic E-state index is 12.2. The molecule has 7 heteroatoms. The number of halogens is 1. The lowest BCUT2D eigenvalue weighted by Crippen LogP contribution is -2.22. The smallest absolute Gasteiger partial charge is 0.240 e. The number of hydrogen-bond donors (Lipinski definition) is 2. The summed E-state index contributed by atoms with van der Waals surface area (Å²) in [5.74, 6) is 5.50. The fourth-order valence-corrected chi connectivity index (χ4v) is 3.76. The van der Waals surface area contributed by atoms with Crippen molar-refractivity contribution < 1.29 is 8.42 Å². The molecule has 1 aromatic carbocycles. The molecule has 0 aliphatic carbocycles. The van der Waals surface area contributed by atoms with E-state index in [9.17, 15) is 8.42 Å². The Morgan fingerprint density at radius 1 is 1.29 bits per heavy atom. The third kappa shape index (κ3) is 4.56. The molecule has 0 amide bonds. The zero-order valence-electron chi connectivity index (χ0n) is 11.0. The molecule has 3 N–H and O–H groups in total. The lowest BCUT2D eigenvalue weighted by Gasteiger charge is -2.06. The van der Waals surface area contributed by atoms with Crippen LogP contribution in [0.3, 0.4) is 0 Å². The van der Waals surface area contributed by atoms with Gasteiger partial charge in [-0.3, -0.25) is 0 Å². The Hall–Kier alpha value is -1.36. The van der Waals surface area contributed by atoms with Gasteiger partial charge < -0.3 is 5.73 Å². The molecule has 0 aliphatic rings. The van der Waals surface area contributed by atoms with Gasteiger partial charge in [0.25, 0.3) is 0 Å². The number of benzene rings is 1. The van der Waals surface area contributed by atoms with Crippen molar-refractivity contribution in [2.45, 2.75) is 11.4 Å². The third-order valence-electron chi connectivity index (χ3n) is 2.54. The standard InChI is InChI=1S/C14H13ClN2O2S2/c15-14-7-6-12(20-14)10-17-21(18,19)13-5-1-3-11(9-13)4-2-8-16/h1,3,5-7,9,17H,8,10,16H2. The average Bonchev–Trinajstić information content (AvgIpc) is 2.89. The van der Waals surface area contributed by atoms with E-state index in [1.54, 1.807) is 24.3 Å². The van der Waals surface area contributed by atoms with Crippen LogP contribution in [0.4, 0.5) is 0 Å². The molecule has 0 bridgehead atoms. The van der Waals surface area contributed by atoms with Crippen LogP contribution in [0.25, 0.3) is 0 Å². The SMILES string of the molecule is NCC#Cc1cccc(S(=O)(=O)NCc2ccc(Cl)s2)c1. The number of rotatable bonds is 4. The number of nitrogens with one attached hydrogen (secondary N) is 1. The maximum Gasteiger partial charge on any atom is 0.240 e. The Morgan fingerprint density at radius 3 is 2.76 bits per heavy atom. The summed E-state index contributed by atoms with van der Waals surface area (Å²) in [6.45, 7) is 0.437. The number of nitrogens with two attached hydrogens (primary N) is 1. The quantitative estimate of drug-likeness (QED) is 0.838. The predicted molar refractivity (Wildman–Crippen MR) is 85.7 cm³/mol. The van der Waals surface area contributed by atoms with Gasteiger partial charge in [0.2, 0.25) is 10.0 Å². The van der Waals surface area contributed by atoms with Crippen molar-refractivity contribution in [2.24, 2.45) is 5.73 Å². The van der Waals surface area contributed by atoms with Crippen LogP contribution in [0.2, 0.25) is 4.34 Å². The van der Waals surface area contributed by atoms with E-state index in [2.05, 4.69) is 16.6 Å². The van der Waals surface area contributed by atoms with E-state index in [1.165, 1.54) is 23.5 Å². The molecule has 0 aliphatic heterocycles. The van der Waals surface area contributed by atoms with Gasteiger partial charge in [-0.25, -0.2) is 13.1 Å². The fraction of sp³-hybridized carbons (Fsp3) is 0.143. The molecule has 2 aromatic rings. The molecular weight excluding hydrogens is 328 g/mol. The molecule has 2 rings (SSSR count). The highest BCUT2D eigenvalue weighted by atomic mass is 35.5. The third-order valence-corrected chi connectivity index (χ3v) is 5.17. The first-order valence-corrected chi connectivity index (χ1v) is 8.72. The zero-order valence-corrected chi connectivity index (χ0v) is 13.4. The highest BCUT2D eigenvalue weighted by Crippen LogP contribution is 2.21. The first-order valence-electron chi connectivity index (χ1n) is 6.04. The monoisotopic (exact) mass is 340 g/mol. The summed E-state index contributed by atoms with van der Waals surface area (Å²) >= 11 is 7.15. The van der Waals surface area contributed by atoms with Crippen molar-refractivity contribution in [3.63, 3.8) is 0 Å². The van der Waals surface area contributed by atoms with Crippen molar-refractivity contribution in [1.82, 2.24) is 4.72 Å². The molecular formula is C14H13ClN2O2S2. The van der Waals surface area contributed by atoms with E-state index in [1.807, 2.05) is 0 Å². The van der Waals surface area contributed by atoms with Gasteiger partial charge in [-0.1, -0.05) is 29.5 Å². The molecule has 1 heterocycles. The van der Waals surface area contributed by atoms with Gasteiger partial charge in [-0.2, -0.15) is 0 Å². The van der Waals surface area contributed by atoms with Gasteiger partial charge in [-0.15, -0.1) is 11.3 Å². The summed E-state index contributed by atoms with van der Waals surface area (Å²) in [5, 5.41) is 0. The topological polar surface area (TPSA) is 72.2 Å². The Bertz CT molecular complexity index is 789. The molecule has 0 unspecified atom stereocenters. The molecule has 0 saturated heterocycles. The number of sulfonamides is 1. The van der Waals surface area contributed by atoms with Crippen LogP contribution in [-0.2, 0) is 16.6 Å². The van der Waals surface area contributed by atoms with Crippen LogP contribution in [0, 0.1) is 11.8 Å². The van der Waals surface area contributed by atoms with Crippen LogP contribution in [0.1, 0.15) is 10.4 Å². The Kier molecular flexibility index (Phi) is 5.39. The van der Waals surface area contributed by atoms with Crippen molar-refractivity contribution in [3.05, 3.63) is 51.2 Å². The first kappa shape index (κ1) is 16.0. The minimum absolute atomic E-state index is 0.175. The van der Waals surface area contributed by atoms with Gasteiger partial charge in [0.15, 0.2) is 0 Å². The second kappa shape index (κ2) is 7.07. The normalized spacial score (nSPS) is 11.0. The summed E-state index contributed by atoms with van der Waals surface area (Å²) in [4.78, 5) is 1.02. The molecule has 0 atom stereocenters. The van der Waals surface area contributed by atoms with Crippen LogP contribution >= 0.6 is 22.9 Å². The lowest BCUT2D eigenvalue weighted by molar-refractivity contribution is 0.582. The van der Waals surface area contributed by atoms with E-state index in [-0.39, 0.29) is 18.0 Å². The van der Waals surface area contributed by atoms with Gasteiger partial charge >= 0.3 is 0 Å². The molecule has 110 valence electrons. The average molecular weight is 341 g/mol. The largest absolute Gasteiger partial charge is 0.320 e. The van der Waals surface area contributed by atoms with Gasteiger partial charge in [-0.05, 0) is 30.3 Å². The van der Waals surface area contributed by atoms with Crippen molar-refractivity contribution in [3.8, 4) is 11.8 Å². The summed E-state index contributed by atoms with van der Waals surface area (Å²) in [6, 6.07) is 9.96. The van der Waals surface area contributed by atoms with Crippen LogP contribution in [0.5, 0.6) is 0 Å². The summed E-state index contributed by atoms with van der Waals surface area (Å²) in [5.41, 5.74) is 5.91. The molecule has 1 aromatic heterocycles.